The molecule has 1 fully saturated rings. The maximum Gasteiger partial charge on any atom is 0.251 e. The molecule has 3 aromatic rings. The molecule has 0 radical (unpaired) electrons. The van der Waals surface area contributed by atoms with Crippen molar-refractivity contribution in [2.24, 2.45) is 0 Å². The van der Waals surface area contributed by atoms with Crippen LogP contribution in [0, 0.1) is 0 Å². The second-order valence-electron chi connectivity index (χ2n) is 9.03. The quantitative estimate of drug-likeness (QED) is 0.542. The largest absolute Gasteiger partial charge is 0.353 e. The molecular formula is C27H32N6O2. The van der Waals surface area contributed by atoms with Crippen molar-refractivity contribution in [3.05, 3.63) is 89.9 Å². The maximum absolute atomic E-state index is 13.5. The molecule has 3 heterocycles. The van der Waals surface area contributed by atoms with Crippen molar-refractivity contribution in [1.82, 2.24) is 25.1 Å². The molecule has 182 valence electrons. The summed E-state index contributed by atoms with van der Waals surface area (Å²) in [5, 5.41) is 2.96. The molecule has 0 spiro atoms. The van der Waals surface area contributed by atoms with Crippen LogP contribution in [0.25, 0.3) is 0 Å². The summed E-state index contributed by atoms with van der Waals surface area (Å²) < 4.78 is 0. The maximum atomic E-state index is 13.5. The molecule has 1 N–H and O–H groups in total. The first-order valence-electron chi connectivity index (χ1n) is 11.9. The second kappa shape index (κ2) is 11.6. The normalized spacial score (nSPS) is 14.6. The third kappa shape index (κ3) is 6.64. The SMILES string of the molecule is CN(C)Cc1ccc(N2CCN(C(=O)C(Cc3cccnc3)NC(=O)c3ccccc3)CC2)nc1. The zero-order chi connectivity index (χ0) is 24.6. The highest BCUT2D eigenvalue weighted by atomic mass is 16.2. The Hall–Kier alpha value is -3.78. The highest BCUT2D eigenvalue weighted by Gasteiger charge is 2.29. The summed E-state index contributed by atoms with van der Waals surface area (Å²) in [5.74, 6) is 0.587. The van der Waals surface area contributed by atoms with E-state index in [0.717, 1.165) is 17.9 Å². The van der Waals surface area contributed by atoms with E-state index in [9.17, 15) is 9.59 Å². The Balaban J connectivity index is 1.41. The zero-order valence-electron chi connectivity index (χ0n) is 20.3. The third-order valence-electron chi connectivity index (χ3n) is 6.03. The molecule has 35 heavy (non-hydrogen) atoms. The molecule has 1 atom stereocenters. The number of nitrogens with one attached hydrogen (secondary N) is 1. The van der Waals surface area contributed by atoms with Crippen LogP contribution >= 0.6 is 0 Å². The lowest BCUT2D eigenvalue weighted by Crippen LogP contribution is -2.55. The first-order valence-corrected chi connectivity index (χ1v) is 11.9. The predicted molar refractivity (Wildman–Crippen MR) is 136 cm³/mol. The van der Waals surface area contributed by atoms with E-state index in [4.69, 9.17) is 0 Å². The number of hydrogen-bond donors (Lipinski definition) is 1. The van der Waals surface area contributed by atoms with Gasteiger partial charge in [-0.05, 0) is 49.5 Å². The standard InChI is InChI=1S/C27H32N6O2/c1-31(2)20-22-10-11-25(29-19-22)32-13-15-33(16-14-32)27(35)24(17-21-7-6-12-28-18-21)30-26(34)23-8-4-3-5-9-23/h3-12,18-19,24H,13-17,20H2,1-2H3,(H,30,34). The molecule has 8 nitrogen and oxygen atoms in total. The van der Waals surface area contributed by atoms with E-state index >= 15 is 0 Å². The molecule has 1 aliphatic rings. The van der Waals surface area contributed by atoms with E-state index in [-0.39, 0.29) is 11.8 Å². The lowest BCUT2D eigenvalue weighted by molar-refractivity contribution is -0.133. The van der Waals surface area contributed by atoms with E-state index < -0.39 is 6.04 Å². The van der Waals surface area contributed by atoms with Gasteiger partial charge in [-0.2, -0.15) is 0 Å². The van der Waals surface area contributed by atoms with Crippen molar-refractivity contribution in [3.8, 4) is 0 Å². The number of carbonyl (C=O) groups is 2. The van der Waals surface area contributed by atoms with E-state index in [1.807, 2.05) is 61.6 Å². The van der Waals surface area contributed by atoms with Crippen molar-refractivity contribution in [2.45, 2.75) is 19.0 Å². The molecule has 1 unspecified atom stereocenters. The van der Waals surface area contributed by atoms with E-state index in [1.165, 1.54) is 5.56 Å². The predicted octanol–water partition coefficient (Wildman–Crippen LogP) is 2.23. The summed E-state index contributed by atoms with van der Waals surface area (Å²) in [5.41, 5.74) is 2.60. The zero-order valence-corrected chi connectivity index (χ0v) is 20.3. The molecule has 2 amide bonds. The fourth-order valence-electron chi connectivity index (χ4n) is 4.22. The Labute approximate surface area is 206 Å². The van der Waals surface area contributed by atoms with Crippen molar-refractivity contribution in [1.29, 1.82) is 0 Å². The van der Waals surface area contributed by atoms with E-state index in [2.05, 4.69) is 31.2 Å². The Kier molecular flexibility index (Phi) is 8.05. The van der Waals surface area contributed by atoms with Crippen LogP contribution in [0.3, 0.4) is 0 Å². The van der Waals surface area contributed by atoms with Gasteiger partial charge in [0.2, 0.25) is 5.91 Å². The fraction of sp³-hybridized carbons (Fsp3) is 0.333. The molecule has 1 aliphatic heterocycles. The van der Waals surface area contributed by atoms with Crippen molar-refractivity contribution in [2.75, 3.05) is 45.2 Å². The van der Waals surface area contributed by atoms with Crippen LogP contribution in [-0.2, 0) is 17.8 Å². The van der Waals surface area contributed by atoms with Gasteiger partial charge in [0.25, 0.3) is 5.91 Å². The molecule has 0 aliphatic carbocycles. The molecule has 2 aromatic heterocycles. The lowest BCUT2D eigenvalue weighted by Gasteiger charge is -2.37. The Morgan fingerprint density at radius 1 is 0.943 bits per heavy atom. The molecule has 0 bridgehead atoms. The van der Waals surface area contributed by atoms with Crippen molar-refractivity contribution < 1.29 is 9.59 Å². The lowest BCUT2D eigenvalue weighted by atomic mass is 10.0. The second-order valence-corrected chi connectivity index (χ2v) is 9.03. The molecule has 1 aromatic carbocycles. The van der Waals surface area contributed by atoms with Crippen molar-refractivity contribution in [3.63, 3.8) is 0 Å². The number of anilines is 1. The van der Waals surface area contributed by atoms with Gasteiger partial charge in [-0.1, -0.05) is 30.3 Å². The Bertz CT molecular complexity index is 1100. The van der Waals surface area contributed by atoms with Gasteiger partial charge in [-0.3, -0.25) is 14.6 Å². The molecule has 0 saturated carbocycles. The number of rotatable bonds is 8. The number of hydrogen-bond acceptors (Lipinski definition) is 6. The molecule has 4 rings (SSSR count). The average Bonchev–Trinajstić information content (AvgIpc) is 2.89. The summed E-state index contributed by atoms with van der Waals surface area (Å²) in [6.45, 7) is 3.38. The number of aromatic nitrogens is 2. The van der Waals surface area contributed by atoms with Crippen LogP contribution in [0.4, 0.5) is 5.82 Å². The van der Waals surface area contributed by atoms with Gasteiger partial charge in [0.05, 0.1) is 0 Å². The summed E-state index contributed by atoms with van der Waals surface area (Å²) in [4.78, 5) is 41.3. The van der Waals surface area contributed by atoms with Crippen LogP contribution in [-0.4, -0.2) is 77.9 Å². The summed E-state index contributed by atoms with van der Waals surface area (Å²) in [6.07, 6.45) is 5.73. The molecular weight excluding hydrogens is 440 g/mol. The van der Waals surface area contributed by atoms with E-state index in [1.54, 1.807) is 24.5 Å². The Morgan fingerprint density at radius 3 is 2.34 bits per heavy atom. The summed E-state index contributed by atoms with van der Waals surface area (Å²) in [6, 6.07) is 16.2. The fourth-order valence-corrected chi connectivity index (χ4v) is 4.22. The van der Waals surface area contributed by atoms with Gasteiger partial charge in [-0.25, -0.2) is 4.98 Å². The van der Waals surface area contributed by atoms with Crippen LogP contribution in [0.5, 0.6) is 0 Å². The highest BCUT2D eigenvalue weighted by molar-refractivity contribution is 5.97. The van der Waals surface area contributed by atoms with Crippen LogP contribution in [0.1, 0.15) is 21.5 Å². The third-order valence-corrected chi connectivity index (χ3v) is 6.03. The van der Waals surface area contributed by atoms with Gasteiger partial charge in [-0.15, -0.1) is 0 Å². The van der Waals surface area contributed by atoms with Crippen LogP contribution in [0.15, 0.2) is 73.2 Å². The van der Waals surface area contributed by atoms with Crippen LogP contribution < -0.4 is 10.2 Å². The van der Waals surface area contributed by atoms with Crippen molar-refractivity contribution >= 4 is 17.6 Å². The Morgan fingerprint density at radius 2 is 1.71 bits per heavy atom. The van der Waals surface area contributed by atoms with Gasteiger partial charge >= 0.3 is 0 Å². The van der Waals surface area contributed by atoms with Gasteiger partial charge < -0.3 is 20.0 Å². The number of nitrogens with zero attached hydrogens (tertiary/aromatic N) is 5. The number of benzene rings is 1. The summed E-state index contributed by atoms with van der Waals surface area (Å²) >= 11 is 0. The number of piperazine rings is 1. The van der Waals surface area contributed by atoms with Gasteiger partial charge in [0.15, 0.2) is 0 Å². The minimum atomic E-state index is -0.665. The van der Waals surface area contributed by atoms with E-state index in [0.29, 0.717) is 38.2 Å². The number of amides is 2. The molecule has 1 saturated heterocycles. The minimum absolute atomic E-state index is 0.0768. The molecule has 8 heteroatoms. The minimum Gasteiger partial charge on any atom is -0.353 e. The average molecular weight is 473 g/mol. The highest BCUT2D eigenvalue weighted by Crippen LogP contribution is 2.16. The van der Waals surface area contributed by atoms with Gasteiger partial charge in [0.1, 0.15) is 11.9 Å². The number of carbonyl (C=O) groups excluding carboxylic acids is 2. The smallest absolute Gasteiger partial charge is 0.251 e. The topological polar surface area (TPSA) is 81.7 Å². The number of pyridine rings is 2. The monoisotopic (exact) mass is 472 g/mol. The van der Waals surface area contributed by atoms with Gasteiger partial charge in [0, 0.05) is 63.3 Å². The first-order chi connectivity index (χ1) is 17.0. The van der Waals surface area contributed by atoms with Crippen LogP contribution in [0.2, 0.25) is 0 Å². The summed E-state index contributed by atoms with van der Waals surface area (Å²) in [7, 11) is 4.07. The first kappa shape index (κ1) is 24.3.